The Kier molecular flexibility index (Phi) is 6.25. The SMILES string of the molecule is CC(C)C(C(=O)CCN1CCCCC1)c1ccc(Cl)cc1. The van der Waals surface area contributed by atoms with Crippen LogP contribution in [0.5, 0.6) is 0 Å². The Morgan fingerprint density at radius 1 is 1.14 bits per heavy atom. The quantitative estimate of drug-likeness (QED) is 0.770. The molecule has 0 aliphatic carbocycles. The molecular formula is C18H26ClNO. The smallest absolute Gasteiger partial charge is 0.141 e. The average Bonchev–Trinajstić information content (AvgIpc) is 2.48. The molecule has 1 aromatic rings. The van der Waals surface area contributed by atoms with E-state index in [1.54, 1.807) is 0 Å². The van der Waals surface area contributed by atoms with Gasteiger partial charge in [-0.1, -0.05) is 44.0 Å². The standard InChI is InChI=1S/C18H26ClNO/c1-14(2)18(15-6-8-16(19)9-7-15)17(21)10-13-20-11-4-3-5-12-20/h6-9,14,18H,3-5,10-13H2,1-2H3. The Bertz CT molecular complexity index is 449. The van der Waals surface area contributed by atoms with Crippen molar-refractivity contribution < 1.29 is 4.79 Å². The highest BCUT2D eigenvalue weighted by Gasteiger charge is 2.24. The van der Waals surface area contributed by atoms with E-state index in [1.165, 1.54) is 19.3 Å². The summed E-state index contributed by atoms with van der Waals surface area (Å²) < 4.78 is 0. The first kappa shape index (κ1) is 16.5. The number of hydrogen-bond donors (Lipinski definition) is 0. The molecule has 1 unspecified atom stereocenters. The van der Waals surface area contributed by atoms with Crippen molar-refractivity contribution in [3.05, 3.63) is 34.9 Å². The zero-order valence-electron chi connectivity index (χ0n) is 13.1. The maximum Gasteiger partial charge on any atom is 0.141 e. The van der Waals surface area contributed by atoms with Crippen LogP contribution in [0.15, 0.2) is 24.3 Å². The van der Waals surface area contributed by atoms with Crippen molar-refractivity contribution in [1.29, 1.82) is 0 Å². The first-order valence-electron chi connectivity index (χ1n) is 8.08. The number of likely N-dealkylation sites (tertiary alicyclic amines) is 1. The van der Waals surface area contributed by atoms with Gasteiger partial charge in [-0.05, 0) is 49.5 Å². The lowest BCUT2D eigenvalue weighted by molar-refractivity contribution is -0.121. The van der Waals surface area contributed by atoms with E-state index in [4.69, 9.17) is 11.6 Å². The molecular weight excluding hydrogens is 282 g/mol. The van der Waals surface area contributed by atoms with Crippen LogP contribution in [-0.2, 0) is 4.79 Å². The Morgan fingerprint density at radius 2 is 1.76 bits per heavy atom. The minimum absolute atomic E-state index is 0.00735. The van der Waals surface area contributed by atoms with E-state index in [0.717, 1.165) is 30.2 Å². The van der Waals surface area contributed by atoms with Gasteiger partial charge < -0.3 is 4.90 Å². The van der Waals surface area contributed by atoms with Crippen molar-refractivity contribution in [2.45, 2.75) is 45.4 Å². The fourth-order valence-electron chi connectivity index (χ4n) is 3.22. The predicted molar refractivity (Wildman–Crippen MR) is 88.9 cm³/mol. The van der Waals surface area contributed by atoms with Crippen LogP contribution in [0.3, 0.4) is 0 Å². The van der Waals surface area contributed by atoms with Gasteiger partial charge in [0.15, 0.2) is 0 Å². The molecule has 21 heavy (non-hydrogen) atoms. The van der Waals surface area contributed by atoms with Crippen LogP contribution in [0, 0.1) is 5.92 Å². The summed E-state index contributed by atoms with van der Waals surface area (Å²) in [6.07, 6.45) is 4.55. The number of ketones is 1. The highest BCUT2D eigenvalue weighted by atomic mass is 35.5. The summed E-state index contributed by atoms with van der Waals surface area (Å²) in [6.45, 7) is 7.47. The summed E-state index contributed by atoms with van der Waals surface area (Å²) in [5.74, 6) is 0.671. The van der Waals surface area contributed by atoms with Gasteiger partial charge in [0.05, 0.1) is 0 Å². The number of piperidine rings is 1. The fraction of sp³-hybridized carbons (Fsp3) is 0.611. The fourth-order valence-corrected chi connectivity index (χ4v) is 3.35. The van der Waals surface area contributed by atoms with E-state index in [0.29, 0.717) is 18.1 Å². The van der Waals surface area contributed by atoms with Crippen molar-refractivity contribution in [3.63, 3.8) is 0 Å². The summed E-state index contributed by atoms with van der Waals surface area (Å²) in [4.78, 5) is 15.1. The zero-order valence-corrected chi connectivity index (χ0v) is 13.9. The lowest BCUT2D eigenvalue weighted by Crippen LogP contribution is -2.32. The van der Waals surface area contributed by atoms with E-state index in [1.807, 2.05) is 24.3 Å². The van der Waals surface area contributed by atoms with Crippen LogP contribution in [-0.4, -0.2) is 30.3 Å². The number of Topliss-reactive ketones (excluding diaryl/α,β-unsaturated/α-hetero) is 1. The van der Waals surface area contributed by atoms with Gasteiger partial charge in [0.25, 0.3) is 0 Å². The molecule has 1 saturated heterocycles. The second-order valence-corrected chi connectivity index (χ2v) is 6.83. The molecule has 1 aromatic carbocycles. The normalized spacial score (nSPS) is 17.9. The molecule has 1 fully saturated rings. The van der Waals surface area contributed by atoms with Gasteiger partial charge in [-0.3, -0.25) is 4.79 Å². The zero-order chi connectivity index (χ0) is 15.2. The van der Waals surface area contributed by atoms with Crippen molar-refractivity contribution >= 4 is 17.4 Å². The maximum absolute atomic E-state index is 12.7. The lowest BCUT2D eigenvalue weighted by Gasteiger charge is -2.27. The molecule has 0 aromatic heterocycles. The van der Waals surface area contributed by atoms with Gasteiger partial charge in [0.1, 0.15) is 5.78 Å². The predicted octanol–water partition coefficient (Wildman–Crippen LogP) is 4.52. The summed E-state index contributed by atoms with van der Waals surface area (Å²) in [5.41, 5.74) is 1.10. The number of carbonyl (C=O) groups is 1. The molecule has 1 heterocycles. The van der Waals surface area contributed by atoms with E-state index < -0.39 is 0 Å². The van der Waals surface area contributed by atoms with Gasteiger partial charge in [-0.15, -0.1) is 0 Å². The Labute approximate surface area is 133 Å². The van der Waals surface area contributed by atoms with Crippen molar-refractivity contribution in [2.24, 2.45) is 5.92 Å². The van der Waals surface area contributed by atoms with Gasteiger partial charge in [0.2, 0.25) is 0 Å². The second-order valence-electron chi connectivity index (χ2n) is 6.39. The molecule has 1 aliphatic heterocycles. The van der Waals surface area contributed by atoms with E-state index >= 15 is 0 Å². The lowest BCUT2D eigenvalue weighted by atomic mass is 9.84. The van der Waals surface area contributed by atoms with E-state index in [9.17, 15) is 4.79 Å². The molecule has 0 saturated carbocycles. The molecule has 1 atom stereocenters. The number of nitrogens with zero attached hydrogens (tertiary/aromatic N) is 1. The van der Waals surface area contributed by atoms with Crippen LogP contribution >= 0.6 is 11.6 Å². The molecule has 0 N–H and O–H groups in total. The Hall–Kier alpha value is -0.860. The first-order valence-corrected chi connectivity index (χ1v) is 8.46. The maximum atomic E-state index is 12.7. The van der Waals surface area contributed by atoms with Gasteiger partial charge in [0, 0.05) is 23.9 Å². The van der Waals surface area contributed by atoms with Crippen molar-refractivity contribution in [2.75, 3.05) is 19.6 Å². The molecule has 116 valence electrons. The number of benzene rings is 1. The minimum atomic E-state index is -0.00735. The molecule has 2 rings (SSSR count). The van der Waals surface area contributed by atoms with Crippen LogP contribution in [0.25, 0.3) is 0 Å². The third kappa shape index (κ3) is 4.82. The molecule has 2 nitrogen and oxygen atoms in total. The first-order chi connectivity index (χ1) is 10.1. The highest BCUT2D eigenvalue weighted by Crippen LogP contribution is 2.28. The van der Waals surface area contributed by atoms with Crippen molar-refractivity contribution in [3.8, 4) is 0 Å². The second kappa shape index (κ2) is 7.95. The third-order valence-corrected chi connectivity index (χ3v) is 4.62. The van der Waals surface area contributed by atoms with E-state index in [2.05, 4.69) is 18.7 Å². The van der Waals surface area contributed by atoms with Crippen LogP contribution in [0.2, 0.25) is 5.02 Å². The topological polar surface area (TPSA) is 20.3 Å². The Morgan fingerprint density at radius 3 is 2.33 bits per heavy atom. The number of halogens is 1. The summed E-state index contributed by atoms with van der Waals surface area (Å²) in [5, 5.41) is 0.724. The summed E-state index contributed by atoms with van der Waals surface area (Å²) >= 11 is 5.95. The minimum Gasteiger partial charge on any atom is -0.303 e. The summed E-state index contributed by atoms with van der Waals surface area (Å²) in [7, 11) is 0. The number of hydrogen-bond acceptors (Lipinski definition) is 2. The van der Waals surface area contributed by atoms with Gasteiger partial charge in [-0.25, -0.2) is 0 Å². The molecule has 0 amide bonds. The number of rotatable bonds is 6. The van der Waals surface area contributed by atoms with Crippen molar-refractivity contribution in [1.82, 2.24) is 4.90 Å². The third-order valence-electron chi connectivity index (χ3n) is 4.37. The highest BCUT2D eigenvalue weighted by molar-refractivity contribution is 6.30. The molecule has 0 bridgehead atoms. The largest absolute Gasteiger partial charge is 0.303 e. The van der Waals surface area contributed by atoms with Gasteiger partial charge >= 0.3 is 0 Å². The van der Waals surface area contributed by atoms with E-state index in [-0.39, 0.29) is 5.92 Å². The molecule has 0 spiro atoms. The molecule has 1 aliphatic rings. The van der Waals surface area contributed by atoms with Crippen LogP contribution in [0.4, 0.5) is 0 Å². The Balaban J connectivity index is 1.97. The van der Waals surface area contributed by atoms with Gasteiger partial charge in [-0.2, -0.15) is 0 Å². The molecule has 0 radical (unpaired) electrons. The monoisotopic (exact) mass is 307 g/mol. The average molecular weight is 308 g/mol. The van der Waals surface area contributed by atoms with Crippen LogP contribution in [0.1, 0.15) is 51.0 Å². The number of carbonyl (C=O) groups excluding carboxylic acids is 1. The molecule has 3 heteroatoms. The van der Waals surface area contributed by atoms with Crippen LogP contribution < -0.4 is 0 Å². The summed E-state index contributed by atoms with van der Waals surface area (Å²) in [6, 6.07) is 7.74.